The van der Waals surface area contributed by atoms with E-state index in [4.69, 9.17) is 10.5 Å². The fourth-order valence-corrected chi connectivity index (χ4v) is 4.69. The van der Waals surface area contributed by atoms with Gasteiger partial charge < -0.3 is 10.5 Å². The summed E-state index contributed by atoms with van der Waals surface area (Å²) in [7, 11) is 0. The Morgan fingerprint density at radius 1 is 1.10 bits per heavy atom. The van der Waals surface area contributed by atoms with Crippen LogP contribution in [0.3, 0.4) is 0 Å². The molecule has 2 atom stereocenters. The van der Waals surface area contributed by atoms with E-state index in [-0.39, 0.29) is 22.7 Å². The summed E-state index contributed by atoms with van der Waals surface area (Å²) >= 11 is 0. The van der Waals surface area contributed by atoms with Gasteiger partial charge in [0.05, 0.1) is 11.2 Å². The van der Waals surface area contributed by atoms with Gasteiger partial charge in [0.1, 0.15) is 0 Å². The molecule has 1 aliphatic carbocycles. The highest BCUT2D eigenvalue weighted by Gasteiger charge is 2.55. The lowest BCUT2D eigenvalue weighted by Gasteiger charge is -2.50. The Labute approximate surface area is 129 Å². The van der Waals surface area contributed by atoms with Crippen molar-refractivity contribution in [2.24, 2.45) is 11.7 Å². The van der Waals surface area contributed by atoms with E-state index in [1.165, 1.54) is 24.8 Å². The zero-order chi connectivity index (χ0) is 15.3. The highest BCUT2D eigenvalue weighted by atomic mass is 16.5. The molecule has 1 saturated carbocycles. The lowest BCUT2D eigenvalue weighted by Crippen LogP contribution is -2.57. The van der Waals surface area contributed by atoms with E-state index in [1.54, 1.807) is 0 Å². The van der Waals surface area contributed by atoms with Crippen molar-refractivity contribution in [3.63, 3.8) is 0 Å². The van der Waals surface area contributed by atoms with Gasteiger partial charge in [0.25, 0.3) is 0 Å². The molecule has 21 heavy (non-hydrogen) atoms. The van der Waals surface area contributed by atoms with Gasteiger partial charge in [-0.1, -0.05) is 36.8 Å². The maximum Gasteiger partial charge on any atom is 0.0677 e. The van der Waals surface area contributed by atoms with Crippen LogP contribution in [0.2, 0.25) is 0 Å². The predicted molar refractivity (Wildman–Crippen MR) is 87.3 cm³/mol. The van der Waals surface area contributed by atoms with Crippen LogP contribution in [0.1, 0.15) is 58.9 Å². The minimum Gasteiger partial charge on any atom is -0.369 e. The zero-order valence-corrected chi connectivity index (χ0v) is 13.9. The van der Waals surface area contributed by atoms with E-state index in [0.717, 1.165) is 6.42 Å². The monoisotopic (exact) mass is 287 g/mol. The van der Waals surface area contributed by atoms with Crippen molar-refractivity contribution in [1.82, 2.24) is 0 Å². The first-order valence-electron chi connectivity index (χ1n) is 8.28. The number of rotatable bonds is 3. The van der Waals surface area contributed by atoms with Gasteiger partial charge in [0, 0.05) is 17.4 Å². The smallest absolute Gasteiger partial charge is 0.0677 e. The molecule has 0 radical (unpaired) electrons. The summed E-state index contributed by atoms with van der Waals surface area (Å²) in [6, 6.07) is 11.1. The molecule has 1 aromatic carbocycles. The van der Waals surface area contributed by atoms with Crippen molar-refractivity contribution >= 4 is 0 Å². The molecule has 3 rings (SSSR count). The van der Waals surface area contributed by atoms with Crippen LogP contribution < -0.4 is 5.73 Å². The highest BCUT2D eigenvalue weighted by molar-refractivity contribution is 5.31. The van der Waals surface area contributed by atoms with Gasteiger partial charge in [-0.25, -0.2) is 0 Å². The highest BCUT2D eigenvalue weighted by Crippen LogP contribution is 2.53. The van der Waals surface area contributed by atoms with Crippen LogP contribution in [0.4, 0.5) is 0 Å². The zero-order valence-electron chi connectivity index (χ0n) is 13.9. The molecule has 1 heterocycles. The third kappa shape index (κ3) is 2.43. The van der Waals surface area contributed by atoms with E-state index in [9.17, 15) is 0 Å². The molecule has 2 fully saturated rings. The lowest BCUT2D eigenvalue weighted by atomic mass is 9.56. The van der Waals surface area contributed by atoms with E-state index in [2.05, 4.69) is 58.0 Å². The Balaban J connectivity index is 1.92. The number of ether oxygens (including phenoxy) is 1. The Morgan fingerprint density at radius 2 is 1.71 bits per heavy atom. The SMILES string of the molecule is CC1(C)CC(C(N)C2(c3ccccc3)CCC2)C(C)(C)O1. The fraction of sp³-hybridized carbons (Fsp3) is 0.684. The summed E-state index contributed by atoms with van der Waals surface area (Å²) in [5.41, 5.74) is 8.25. The summed E-state index contributed by atoms with van der Waals surface area (Å²) in [4.78, 5) is 0. The third-order valence-corrected chi connectivity index (χ3v) is 5.81. The van der Waals surface area contributed by atoms with E-state index in [0.29, 0.717) is 5.92 Å². The Morgan fingerprint density at radius 3 is 2.14 bits per heavy atom. The van der Waals surface area contributed by atoms with Crippen molar-refractivity contribution < 1.29 is 4.74 Å². The maximum atomic E-state index is 6.87. The minimum absolute atomic E-state index is 0.0621. The van der Waals surface area contributed by atoms with Gasteiger partial charge in [-0.2, -0.15) is 0 Å². The Kier molecular flexibility index (Phi) is 3.46. The molecule has 0 aromatic heterocycles. The van der Waals surface area contributed by atoms with Gasteiger partial charge in [-0.15, -0.1) is 0 Å². The molecule has 1 saturated heterocycles. The van der Waals surface area contributed by atoms with Crippen molar-refractivity contribution in [2.45, 2.75) is 76.0 Å². The molecule has 0 amide bonds. The molecule has 2 unspecified atom stereocenters. The first-order chi connectivity index (χ1) is 9.77. The number of nitrogens with two attached hydrogens (primary N) is 1. The van der Waals surface area contributed by atoms with E-state index < -0.39 is 0 Å². The summed E-state index contributed by atoms with van der Waals surface area (Å²) in [6.45, 7) is 8.81. The van der Waals surface area contributed by atoms with Crippen LogP contribution in [-0.4, -0.2) is 17.2 Å². The molecular weight excluding hydrogens is 258 g/mol. The summed E-state index contributed by atoms with van der Waals surface area (Å²) in [5, 5.41) is 0. The van der Waals surface area contributed by atoms with Gasteiger partial charge in [-0.3, -0.25) is 0 Å². The second kappa shape index (κ2) is 4.82. The van der Waals surface area contributed by atoms with Crippen LogP contribution in [-0.2, 0) is 10.2 Å². The fourth-order valence-electron chi connectivity index (χ4n) is 4.69. The van der Waals surface area contributed by atoms with Gasteiger partial charge in [-0.05, 0) is 52.5 Å². The van der Waals surface area contributed by atoms with Gasteiger partial charge in [0.2, 0.25) is 0 Å². The first-order valence-corrected chi connectivity index (χ1v) is 8.28. The number of hydrogen-bond acceptors (Lipinski definition) is 2. The molecule has 2 nitrogen and oxygen atoms in total. The van der Waals surface area contributed by atoms with Crippen LogP contribution in [0.5, 0.6) is 0 Å². The molecular formula is C19H29NO. The normalized spacial score (nSPS) is 30.6. The molecule has 2 aliphatic rings. The van der Waals surface area contributed by atoms with E-state index in [1.807, 2.05) is 0 Å². The standard InChI is InChI=1S/C19H29NO/c1-17(2)13-15(18(3,4)21-17)16(20)19(11-8-12-19)14-9-6-5-7-10-14/h5-7,9-10,15-16H,8,11-13,20H2,1-4H3. The third-order valence-electron chi connectivity index (χ3n) is 5.81. The van der Waals surface area contributed by atoms with Crippen LogP contribution in [0.15, 0.2) is 30.3 Å². The van der Waals surface area contributed by atoms with Crippen molar-refractivity contribution in [3.8, 4) is 0 Å². The molecule has 0 bridgehead atoms. The van der Waals surface area contributed by atoms with Gasteiger partial charge >= 0.3 is 0 Å². The van der Waals surface area contributed by atoms with Crippen LogP contribution in [0, 0.1) is 5.92 Å². The number of hydrogen-bond donors (Lipinski definition) is 1. The van der Waals surface area contributed by atoms with E-state index >= 15 is 0 Å². The maximum absolute atomic E-state index is 6.87. The second-order valence-electron chi connectivity index (χ2n) is 8.18. The molecule has 2 heteroatoms. The van der Waals surface area contributed by atoms with Crippen LogP contribution >= 0.6 is 0 Å². The molecule has 1 aliphatic heterocycles. The van der Waals surface area contributed by atoms with Crippen LogP contribution in [0.25, 0.3) is 0 Å². The lowest BCUT2D eigenvalue weighted by molar-refractivity contribution is -0.0807. The molecule has 0 spiro atoms. The average Bonchev–Trinajstić information content (AvgIpc) is 2.57. The summed E-state index contributed by atoms with van der Waals surface area (Å²) in [5.74, 6) is 0.410. The molecule has 1 aromatic rings. The Hall–Kier alpha value is -0.860. The summed E-state index contributed by atoms with van der Waals surface area (Å²) in [6.07, 6.45) is 4.77. The molecule has 2 N–H and O–H groups in total. The van der Waals surface area contributed by atoms with Crippen molar-refractivity contribution in [3.05, 3.63) is 35.9 Å². The largest absolute Gasteiger partial charge is 0.369 e. The van der Waals surface area contributed by atoms with Crippen molar-refractivity contribution in [1.29, 1.82) is 0 Å². The summed E-state index contributed by atoms with van der Waals surface area (Å²) < 4.78 is 6.29. The van der Waals surface area contributed by atoms with Crippen molar-refractivity contribution in [2.75, 3.05) is 0 Å². The predicted octanol–water partition coefficient (Wildman–Crippen LogP) is 4.03. The molecule has 116 valence electrons. The number of benzene rings is 1. The second-order valence-corrected chi connectivity index (χ2v) is 8.18. The first kappa shape index (κ1) is 15.1. The average molecular weight is 287 g/mol. The minimum atomic E-state index is -0.139. The topological polar surface area (TPSA) is 35.2 Å². The Bertz CT molecular complexity index is 502. The quantitative estimate of drug-likeness (QED) is 0.911. The van der Waals surface area contributed by atoms with Gasteiger partial charge in [0.15, 0.2) is 0 Å².